The summed E-state index contributed by atoms with van der Waals surface area (Å²) in [7, 11) is 5.35. The highest BCUT2D eigenvalue weighted by atomic mass is 19.1. The second-order valence-corrected chi connectivity index (χ2v) is 7.22. The van der Waals surface area contributed by atoms with Crippen LogP contribution in [0.4, 0.5) is 4.39 Å². The molecule has 1 aromatic rings. The van der Waals surface area contributed by atoms with Gasteiger partial charge in [-0.3, -0.25) is 14.7 Å². The van der Waals surface area contributed by atoms with Crippen LogP contribution >= 0.6 is 0 Å². The number of halogens is 1. The Labute approximate surface area is 161 Å². The van der Waals surface area contributed by atoms with Gasteiger partial charge in [0.2, 0.25) is 5.91 Å². The lowest BCUT2D eigenvalue weighted by Gasteiger charge is -2.26. The van der Waals surface area contributed by atoms with Crippen molar-refractivity contribution in [2.45, 2.75) is 38.8 Å². The van der Waals surface area contributed by atoms with Crippen molar-refractivity contribution in [3.05, 3.63) is 35.1 Å². The predicted octanol–water partition coefficient (Wildman–Crippen LogP) is 1.74. The quantitative estimate of drug-likeness (QED) is 0.432. The SMILES string of the molecule is CN=C(NCCCN1CCCC1C(=O)N(C)C)NCc1ccc(C)c(F)c1. The molecule has 1 aliphatic rings. The fourth-order valence-electron chi connectivity index (χ4n) is 3.31. The van der Waals surface area contributed by atoms with E-state index in [9.17, 15) is 9.18 Å². The number of hydrogen-bond acceptors (Lipinski definition) is 3. The minimum atomic E-state index is -0.190. The summed E-state index contributed by atoms with van der Waals surface area (Å²) < 4.78 is 13.6. The third-order valence-corrected chi connectivity index (χ3v) is 4.92. The number of aliphatic imine (C=N–C) groups is 1. The Morgan fingerprint density at radius 3 is 2.81 bits per heavy atom. The molecule has 150 valence electrons. The Morgan fingerprint density at radius 1 is 1.37 bits per heavy atom. The van der Waals surface area contributed by atoms with E-state index in [0.717, 1.165) is 44.5 Å². The predicted molar refractivity (Wildman–Crippen MR) is 107 cm³/mol. The van der Waals surface area contributed by atoms with E-state index < -0.39 is 0 Å². The van der Waals surface area contributed by atoms with Gasteiger partial charge in [-0.15, -0.1) is 0 Å². The van der Waals surface area contributed by atoms with Gasteiger partial charge < -0.3 is 15.5 Å². The summed E-state index contributed by atoms with van der Waals surface area (Å²) in [5, 5.41) is 6.48. The van der Waals surface area contributed by atoms with Gasteiger partial charge in [-0.25, -0.2) is 4.39 Å². The minimum Gasteiger partial charge on any atom is -0.356 e. The van der Waals surface area contributed by atoms with Crippen LogP contribution in [-0.4, -0.2) is 68.5 Å². The number of guanidine groups is 1. The summed E-state index contributed by atoms with van der Waals surface area (Å²) >= 11 is 0. The molecule has 0 aliphatic carbocycles. The van der Waals surface area contributed by atoms with Crippen molar-refractivity contribution >= 4 is 11.9 Å². The topological polar surface area (TPSA) is 60.0 Å². The summed E-state index contributed by atoms with van der Waals surface area (Å²) in [6, 6.07) is 5.26. The number of hydrogen-bond donors (Lipinski definition) is 2. The van der Waals surface area contributed by atoms with Crippen LogP contribution in [0, 0.1) is 12.7 Å². The molecule has 1 unspecified atom stereocenters. The van der Waals surface area contributed by atoms with Gasteiger partial charge in [0.15, 0.2) is 5.96 Å². The molecule has 0 spiro atoms. The average molecular weight is 378 g/mol. The summed E-state index contributed by atoms with van der Waals surface area (Å²) in [5.41, 5.74) is 1.53. The normalized spacial score (nSPS) is 17.8. The average Bonchev–Trinajstić information content (AvgIpc) is 3.11. The maximum atomic E-state index is 13.6. The van der Waals surface area contributed by atoms with E-state index in [-0.39, 0.29) is 17.8 Å². The summed E-state index contributed by atoms with van der Waals surface area (Å²) in [4.78, 5) is 20.4. The molecule has 0 bridgehead atoms. The van der Waals surface area contributed by atoms with Crippen LogP contribution in [0.25, 0.3) is 0 Å². The van der Waals surface area contributed by atoms with Crippen molar-refractivity contribution in [2.75, 3.05) is 40.8 Å². The van der Waals surface area contributed by atoms with E-state index in [2.05, 4.69) is 20.5 Å². The molecule has 7 heteroatoms. The summed E-state index contributed by atoms with van der Waals surface area (Å²) in [6.45, 7) is 4.90. The van der Waals surface area contributed by atoms with Crippen molar-refractivity contribution < 1.29 is 9.18 Å². The van der Waals surface area contributed by atoms with Crippen molar-refractivity contribution in [3.63, 3.8) is 0 Å². The standard InChI is InChI=1S/C20H32FN5O/c1-15-8-9-16(13-17(15)21)14-24-20(22-2)23-10-6-12-26-11-5-7-18(26)19(27)25(3)4/h8-9,13,18H,5-7,10-12,14H2,1-4H3,(H2,22,23,24). The molecule has 1 aromatic carbocycles. The Hall–Kier alpha value is -2.15. The minimum absolute atomic E-state index is 0.0221. The first kappa shape index (κ1) is 21.2. The highest BCUT2D eigenvalue weighted by Crippen LogP contribution is 2.18. The van der Waals surface area contributed by atoms with E-state index in [1.165, 1.54) is 0 Å². The molecular formula is C20H32FN5O. The van der Waals surface area contributed by atoms with E-state index >= 15 is 0 Å². The van der Waals surface area contributed by atoms with Gasteiger partial charge in [-0.05, 0) is 49.9 Å². The molecule has 2 N–H and O–H groups in total. The first-order chi connectivity index (χ1) is 12.9. The van der Waals surface area contributed by atoms with Crippen LogP contribution in [-0.2, 0) is 11.3 Å². The van der Waals surface area contributed by atoms with Crippen LogP contribution in [0.3, 0.4) is 0 Å². The lowest BCUT2D eigenvalue weighted by molar-refractivity contribution is -0.133. The van der Waals surface area contributed by atoms with E-state index in [1.54, 1.807) is 31.0 Å². The van der Waals surface area contributed by atoms with E-state index in [0.29, 0.717) is 18.1 Å². The zero-order valence-corrected chi connectivity index (χ0v) is 16.9. The molecule has 1 amide bonds. The maximum absolute atomic E-state index is 13.6. The zero-order chi connectivity index (χ0) is 19.8. The Morgan fingerprint density at radius 2 is 2.15 bits per heavy atom. The number of aryl methyl sites for hydroxylation is 1. The monoisotopic (exact) mass is 377 g/mol. The number of benzene rings is 1. The molecule has 0 saturated carbocycles. The highest BCUT2D eigenvalue weighted by Gasteiger charge is 2.30. The molecule has 1 heterocycles. The molecule has 0 radical (unpaired) electrons. The molecule has 1 saturated heterocycles. The number of rotatable bonds is 7. The summed E-state index contributed by atoms with van der Waals surface area (Å²) in [6.07, 6.45) is 2.95. The van der Waals surface area contributed by atoms with E-state index in [4.69, 9.17) is 0 Å². The van der Waals surface area contributed by atoms with Crippen LogP contribution in [0.15, 0.2) is 23.2 Å². The molecule has 1 fully saturated rings. The van der Waals surface area contributed by atoms with Crippen LogP contribution in [0.2, 0.25) is 0 Å². The van der Waals surface area contributed by atoms with Gasteiger partial charge in [0.1, 0.15) is 5.82 Å². The largest absolute Gasteiger partial charge is 0.356 e. The number of nitrogens with one attached hydrogen (secondary N) is 2. The van der Waals surface area contributed by atoms with Gasteiger partial charge in [-0.2, -0.15) is 0 Å². The van der Waals surface area contributed by atoms with Crippen LogP contribution < -0.4 is 10.6 Å². The first-order valence-corrected chi connectivity index (χ1v) is 9.57. The lowest BCUT2D eigenvalue weighted by Crippen LogP contribution is -2.44. The number of likely N-dealkylation sites (tertiary alicyclic amines) is 1. The molecular weight excluding hydrogens is 345 g/mol. The number of carbonyl (C=O) groups excluding carboxylic acids is 1. The van der Waals surface area contributed by atoms with Gasteiger partial charge in [0.05, 0.1) is 6.04 Å². The molecule has 0 aromatic heterocycles. The molecule has 1 atom stereocenters. The highest BCUT2D eigenvalue weighted by molar-refractivity contribution is 5.81. The summed E-state index contributed by atoms with van der Waals surface area (Å²) in [5.74, 6) is 0.700. The fraction of sp³-hybridized carbons (Fsp3) is 0.600. The maximum Gasteiger partial charge on any atom is 0.239 e. The third kappa shape index (κ3) is 6.20. The fourth-order valence-corrected chi connectivity index (χ4v) is 3.31. The zero-order valence-electron chi connectivity index (χ0n) is 16.9. The van der Waals surface area contributed by atoms with Gasteiger partial charge in [0, 0.05) is 40.8 Å². The molecule has 2 rings (SSSR count). The second-order valence-electron chi connectivity index (χ2n) is 7.22. The van der Waals surface area contributed by atoms with Gasteiger partial charge in [0.25, 0.3) is 0 Å². The molecule has 1 aliphatic heterocycles. The lowest BCUT2D eigenvalue weighted by atomic mass is 10.1. The van der Waals surface area contributed by atoms with Crippen molar-refractivity contribution in [1.82, 2.24) is 20.4 Å². The Bertz CT molecular complexity index is 662. The molecule has 6 nitrogen and oxygen atoms in total. The number of carbonyl (C=O) groups is 1. The third-order valence-electron chi connectivity index (χ3n) is 4.92. The van der Waals surface area contributed by atoms with Gasteiger partial charge >= 0.3 is 0 Å². The van der Waals surface area contributed by atoms with Crippen LogP contribution in [0.1, 0.15) is 30.4 Å². The Balaban J connectivity index is 1.71. The van der Waals surface area contributed by atoms with Crippen molar-refractivity contribution in [2.24, 2.45) is 4.99 Å². The first-order valence-electron chi connectivity index (χ1n) is 9.57. The van der Waals surface area contributed by atoms with Crippen LogP contribution in [0.5, 0.6) is 0 Å². The van der Waals surface area contributed by atoms with Crippen molar-refractivity contribution in [1.29, 1.82) is 0 Å². The Kier molecular flexibility index (Phi) is 8.03. The number of likely N-dealkylation sites (N-methyl/N-ethyl adjacent to an activating group) is 1. The van der Waals surface area contributed by atoms with E-state index in [1.807, 2.05) is 20.2 Å². The molecule has 27 heavy (non-hydrogen) atoms. The number of amides is 1. The second kappa shape index (κ2) is 10.3. The smallest absolute Gasteiger partial charge is 0.239 e. The number of nitrogens with zero attached hydrogens (tertiary/aromatic N) is 3. The van der Waals surface area contributed by atoms with Gasteiger partial charge in [-0.1, -0.05) is 12.1 Å². The van der Waals surface area contributed by atoms with Crippen molar-refractivity contribution in [3.8, 4) is 0 Å².